The van der Waals surface area contributed by atoms with Gasteiger partial charge in [-0.25, -0.2) is 4.57 Å². The maximum Gasteiger partial charge on any atom is 0.469 e. The highest BCUT2D eigenvalue weighted by molar-refractivity contribution is 7.46. The Bertz CT molecular complexity index is 941. The summed E-state index contributed by atoms with van der Waals surface area (Å²) in [6, 6.07) is -1.46. The molecule has 0 heterocycles. The van der Waals surface area contributed by atoms with Crippen molar-refractivity contribution in [2.24, 2.45) is 5.73 Å². The molecule has 0 aromatic carbocycles. The summed E-state index contributed by atoms with van der Waals surface area (Å²) in [7, 11) is -4.81. The molecule has 4 N–H and O–H groups in total. The van der Waals surface area contributed by atoms with Crippen LogP contribution in [0.5, 0.6) is 0 Å². The number of carbonyl (C=O) groups is 3. The lowest BCUT2D eigenvalue weighted by Crippen LogP contribution is -2.39. The van der Waals surface area contributed by atoms with E-state index in [0.29, 0.717) is 12.8 Å². The highest BCUT2D eigenvalue weighted by atomic mass is 31.2. The van der Waals surface area contributed by atoms with Gasteiger partial charge in [0.05, 0.1) is 6.61 Å². The molecule has 52 heavy (non-hydrogen) atoms. The lowest BCUT2D eigenvalue weighted by Gasteiger charge is -2.19. The summed E-state index contributed by atoms with van der Waals surface area (Å²) >= 11 is 0. The lowest BCUT2D eigenvalue weighted by atomic mass is 10.0. The fourth-order valence-corrected chi connectivity index (χ4v) is 6.13. The molecule has 0 bridgehead atoms. The van der Waals surface area contributed by atoms with Gasteiger partial charge in [-0.15, -0.1) is 0 Å². The molecule has 0 rings (SSSR count). The van der Waals surface area contributed by atoms with Crippen molar-refractivity contribution in [1.29, 1.82) is 0 Å². The van der Waals surface area contributed by atoms with Crippen molar-refractivity contribution in [3.8, 4) is 0 Å². The zero-order valence-electron chi connectivity index (χ0n) is 32.9. The number of carbonyl (C=O) groups excluding carboxylic acids is 3. The number of hydrogen-bond acceptors (Lipinski definition) is 9. The second kappa shape index (κ2) is 36.2. The first kappa shape index (κ1) is 50.2. The highest BCUT2D eigenvalue weighted by Crippen LogP contribution is 2.35. The Kier molecular flexibility index (Phi) is 35.0. The average molecular weight is 762 g/mol. The number of rotatable bonds is 38. The van der Waals surface area contributed by atoms with Crippen LogP contribution in [0, 0.1) is 0 Å². The van der Waals surface area contributed by atoms with Crippen LogP contribution in [0.3, 0.4) is 0 Å². The van der Waals surface area contributed by atoms with E-state index in [9.17, 15) is 18.9 Å². The normalized spacial score (nSPS) is 12.9. The SMILES string of the molecule is CCCCCCCC/C=C\CCCCCCCC(=O)O[C@H](COC(=O)CCCCCCCCCCCCCCC)COC(=O)[C@@H](N)COP(=O)(O)O. The number of nitrogens with two attached hydrogens (primary N) is 1. The smallest absolute Gasteiger partial charge is 0.462 e. The summed E-state index contributed by atoms with van der Waals surface area (Å²) < 4.78 is 31.1. The molecule has 0 aliphatic heterocycles. The van der Waals surface area contributed by atoms with Gasteiger partial charge in [0.2, 0.25) is 0 Å². The molecule has 11 nitrogen and oxygen atoms in total. The van der Waals surface area contributed by atoms with E-state index in [2.05, 4.69) is 30.5 Å². The molecular formula is C40H76NO10P. The molecule has 0 radical (unpaired) electrons. The zero-order chi connectivity index (χ0) is 38.5. The Labute approximate surface area is 316 Å². The van der Waals surface area contributed by atoms with Gasteiger partial charge in [-0.3, -0.25) is 18.9 Å². The van der Waals surface area contributed by atoms with Gasteiger partial charge >= 0.3 is 25.7 Å². The van der Waals surface area contributed by atoms with E-state index in [1.165, 1.54) is 96.3 Å². The Morgan fingerprint density at radius 3 is 1.38 bits per heavy atom. The molecule has 0 aliphatic rings. The summed E-state index contributed by atoms with van der Waals surface area (Å²) in [5, 5.41) is 0. The standard InChI is InChI=1S/C40H76NO10P/c1-3-5-7-9-11-13-15-17-18-20-22-24-26-28-30-32-39(43)51-36(34-49-40(44)37(41)35-50-52(45,46)47)33-48-38(42)31-29-27-25-23-21-19-16-14-12-10-8-6-4-2/h17-18,36-37H,3-16,19-35,41H2,1-2H3,(H2,45,46,47)/b18-17-/t36-,37+/m1/s1. The van der Waals surface area contributed by atoms with Crippen molar-refractivity contribution >= 4 is 25.7 Å². The van der Waals surface area contributed by atoms with Gasteiger partial charge in [0.1, 0.15) is 19.3 Å². The molecule has 0 aliphatic carbocycles. The second-order valence-electron chi connectivity index (χ2n) is 14.1. The first-order valence-corrected chi connectivity index (χ1v) is 22.2. The van der Waals surface area contributed by atoms with Crippen LogP contribution in [-0.2, 0) is 37.7 Å². The van der Waals surface area contributed by atoms with Gasteiger partial charge in [-0.05, 0) is 38.5 Å². The minimum absolute atomic E-state index is 0.186. The fourth-order valence-electron chi connectivity index (χ4n) is 5.77. The average Bonchev–Trinajstić information content (AvgIpc) is 3.11. The second-order valence-corrected chi connectivity index (χ2v) is 15.4. The van der Waals surface area contributed by atoms with E-state index in [-0.39, 0.29) is 19.4 Å². The molecule has 0 saturated carbocycles. The summed E-state index contributed by atoms with van der Waals surface area (Å²) in [6.07, 6.45) is 34.5. The molecule has 0 fully saturated rings. The molecular weight excluding hydrogens is 685 g/mol. The topological polar surface area (TPSA) is 172 Å². The first-order chi connectivity index (χ1) is 25.1. The summed E-state index contributed by atoms with van der Waals surface area (Å²) in [5.41, 5.74) is 5.60. The highest BCUT2D eigenvalue weighted by Gasteiger charge is 2.24. The predicted molar refractivity (Wildman–Crippen MR) is 208 cm³/mol. The van der Waals surface area contributed by atoms with Crippen LogP contribution in [0.2, 0.25) is 0 Å². The predicted octanol–water partition coefficient (Wildman–Crippen LogP) is 9.94. The van der Waals surface area contributed by atoms with Crippen LogP contribution in [0.4, 0.5) is 0 Å². The van der Waals surface area contributed by atoms with E-state index >= 15 is 0 Å². The quantitative estimate of drug-likeness (QED) is 0.0180. The molecule has 2 atom stereocenters. The molecule has 0 amide bonds. The number of hydrogen-bond donors (Lipinski definition) is 3. The zero-order valence-corrected chi connectivity index (χ0v) is 33.8. The molecule has 0 aromatic heterocycles. The summed E-state index contributed by atoms with van der Waals surface area (Å²) in [6.45, 7) is 3.02. The number of allylic oxidation sites excluding steroid dienone is 2. The Morgan fingerprint density at radius 1 is 0.558 bits per heavy atom. The van der Waals surface area contributed by atoms with Crippen molar-refractivity contribution in [3.63, 3.8) is 0 Å². The number of unbranched alkanes of at least 4 members (excludes halogenated alkanes) is 23. The number of ether oxygens (including phenoxy) is 3. The fraction of sp³-hybridized carbons (Fsp3) is 0.875. The maximum absolute atomic E-state index is 12.6. The van der Waals surface area contributed by atoms with Crippen molar-refractivity contribution in [1.82, 2.24) is 0 Å². The van der Waals surface area contributed by atoms with E-state index in [0.717, 1.165) is 57.8 Å². The van der Waals surface area contributed by atoms with Crippen LogP contribution < -0.4 is 5.73 Å². The van der Waals surface area contributed by atoms with Crippen molar-refractivity contribution < 1.29 is 47.5 Å². The third-order valence-corrected chi connectivity index (χ3v) is 9.48. The molecule has 0 unspecified atom stereocenters. The van der Waals surface area contributed by atoms with E-state index < -0.39 is 51.1 Å². The van der Waals surface area contributed by atoms with Gasteiger partial charge in [-0.1, -0.05) is 154 Å². The van der Waals surface area contributed by atoms with Crippen molar-refractivity contribution in [2.75, 3.05) is 19.8 Å². The van der Waals surface area contributed by atoms with Gasteiger partial charge in [-0.2, -0.15) is 0 Å². The largest absolute Gasteiger partial charge is 0.469 e. The Hall–Kier alpha value is -1.78. The van der Waals surface area contributed by atoms with Crippen LogP contribution in [0.15, 0.2) is 12.2 Å². The van der Waals surface area contributed by atoms with E-state index in [1.807, 2.05) is 0 Å². The first-order valence-electron chi connectivity index (χ1n) is 20.7. The molecule has 0 spiro atoms. The summed E-state index contributed by atoms with van der Waals surface area (Å²) in [5.74, 6) is -1.90. The number of esters is 3. The van der Waals surface area contributed by atoms with Crippen LogP contribution in [0.25, 0.3) is 0 Å². The molecule has 0 aromatic rings. The molecule has 306 valence electrons. The van der Waals surface area contributed by atoms with E-state index in [1.54, 1.807) is 0 Å². The Morgan fingerprint density at radius 2 is 0.942 bits per heavy atom. The molecule has 0 saturated heterocycles. The number of phosphoric acid groups is 1. The van der Waals surface area contributed by atoms with Crippen LogP contribution >= 0.6 is 7.82 Å². The third kappa shape index (κ3) is 36.6. The van der Waals surface area contributed by atoms with Gasteiger partial charge in [0, 0.05) is 12.8 Å². The van der Waals surface area contributed by atoms with Gasteiger partial charge in [0.15, 0.2) is 6.10 Å². The maximum atomic E-state index is 12.6. The van der Waals surface area contributed by atoms with Gasteiger partial charge in [0.25, 0.3) is 0 Å². The van der Waals surface area contributed by atoms with Gasteiger partial charge < -0.3 is 29.7 Å². The Balaban J connectivity index is 4.37. The third-order valence-electron chi connectivity index (χ3n) is 8.99. The van der Waals surface area contributed by atoms with Crippen LogP contribution in [-0.4, -0.2) is 59.7 Å². The number of phosphoric ester groups is 1. The monoisotopic (exact) mass is 762 g/mol. The van der Waals surface area contributed by atoms with Crippen molar-refractivity contribution in [3.05, 3.63) is 12.2 Å². The van der Waals surface area contributed by atoms with Crippen LogP contribution in [0.1, 0.15) is 194 Å². The minimum Gasteiger partial charge on any atom is -0.462 e. The minimum atomic E-state index is -4.81. The lowest BCUT2D eigenvalue weighted by molar-refractivity contribution is -0.167. The summed E-state index contributed by atoms with van der Waals surface area (Å²) in [4.78, 5) is 54.9. The van der Waals surface area contributed by atoms with E-state index in [4.69, 9.17) is 29.7 Å². The molecule has 12 heteroatoms. The van der Waals surface area contributed by atoms with Crippen molar-refractivity contribution in [2.45, 2.75) is 206 Å².